The molecule has 0 unspecified atom stereocenters. The number of nitrogens with two attached hydrogens (primary N) is 1. The number of carbonyl (C=O) groups is 3. The molecule has 278 valence electrons. The molecule has 0 bridgehead atoms. The Morgan fingerprint density at radius 2 is 1.59 bits per heavy atom. The van der Waals surface area contributed by atoms with Crippen LogP contribution in [0.5, 0.6) is 5.75 Å². The second-order valence-electron chi connectivity index (χ2n) is 14.1. The zero-order valence-corrected chi connectivity index (χ0v) is 30.0. The van der Waals surface area contributed by atoms with E-state index in [0.29, 0.717) is 28.1 Å². The van der Waals surface area contributed by atoms with Gasteiger partial charge in [-0.2, -0.15) is 0 Å². The number of hydrogen-bond donors (Lipinski definition) is 3. The third-order valence-corrected chi connectivity index (χ3v) is 11.1. The summed E-state index contributed by atoms with van der Waals surface area (Å²) >= 11 is 0. The van der Waals surface area contributed by atoms with Crippen LogP contribution in [-0.2, 0) is 31.1 Å². The maximum Gasteiger partial charge on any atom is 0.324 e. The molecule has 9 rings (SSSR count). The maximum atomic E-state index is 15.0. The van der Waals surface area contributed by atoms with Crippen LogP contribution < -0.4 is 15.8 Å². The number of carbonyl (C=O) groups excluding carboxylic acids is 3. The average Bonchev–Trinajstić information content (AvgIpc) is 3.88. The molecule has 2 amide bonds. The third kappa shape index (κ3) is 5.59. The molecule has 2 fully saturated rings. The molecule has 12 heteroatoms. The monoisotopic (exact) mass is 744 g/mol. The van der Waals surface area contributed by atoms with Crippen molar-refractivity contribution in [1.29, 1.82) is 0 Å². The number of fused-ring (bicyclic) bond motifs is 4. The van der Waals surface area contributed by atoms with Gasteiger partial charge in [0.15, 0.2) is 0 Å². The molecule has 1 aromatic heterocycles. The van der Waals surface area contributed by atoms with Crippen molar-refractivity contribution in [2.45, 2.75) is 36.2 Å². The van der Waals surface area contributed by atoms with Crippen molar-refractivity contribution in [3.05, 3.63) is 155 Å². The summed E-state index contributed by atoms with van der Waals surface area (Å²) in [5.41, 5.74) is 10.1. The van der Waals surface area contributed by atoms with Crippen LogP contribution >= 0.6 is 0 Å². The van der Waals surface area contributed by atoms with Crippen molar-refractivity contribution in [2.75, 3.05) is 18.5 Å². The molecular formula is C44H36N6O6. The molecule has 6 aromatic rings. The van der Waals surface area contributed by atoms with Gasteiger partial charge in [0, 0.05) is 11.3 Å². The van der Waals surface area contributed by atoms with Gasteiger partial charge in [0.05, 0.1) is 30.1 Å². The first-order valence-electron chi connectivity index (χ1n) is 18.3. The topological polar surface area (TPSA) is 162 Å². The number of cyclic esters (lactones) is 1. The first-order chi connectivity index (χ1) is 27.4. The number of nitrogens with one attached hydrogen (secondary N) is 1. The third-order valence-electron chi connectivity index (χ3n) is 11.1. The Labute approximate surface area is 321 Å². The molecule has 0 radical (unpaired) electrons. The van der Waals surface area contributed by atoms with E-state index in [1.54, 1.807) is 28.9 Å². The first-order valence-corrected chi connectivity index (χ1v) is 18.3. The molecular weight excluding hydrogens is 709 g/mol. The molecule has 3 aliphatic heterocycles. The van der Waals surface area contributed by atoms with Gasteiger partial charge >= 0.3 is 5.97 Å². The normalized spacial score (nSPS) is 23.8. The number of aliphatic hydroxyl groups is 1. The van der Waals surface area contributed by atoms with Gasteiger partial charge in [-0.15, -0.1) is 5.10 Å². The number of amides is 2. The summed E-state index contributed by atoms with van der Waals surface area (Å²) in [4.78, 5) is 45.6. The number of primary amides is 1. The van der Waals surface area contributed by atoms with Gasteiger partial charge in [-0.1, -0.05) is 102 Å². The van der Waals surface area contributed by atoms with Crippen molar-refractivity contribution in [2.24, 2.45) is 11.7 Å². The number of ether oxygens (including phenoxy) is 2. The van der Waals surface area contributed by atoms with E-state index in [1.165, 1.54) is 0 Å². The number of aromatic nitrogens is 3. The van der Waals surface area contributed by atoms with E-state index in [0.717, 1.165) is 22.2 Å². The summed E-state index contributed by atoms with van der Waals surface area (Å²) in [5.74, 6) is 3.63. The highest BCUT2D eigenvalue weighted by Crippen LogP contribution is 2.64. The van der Waals surface area contributed by atoms with Crippen LogP contribution in [0.1, 0.15) is 46.0 Å². The fraction of sp³-hybridized carbons (Fsp3) is 0.205. The molecule has 4 N–H and O–H groups in total. The molecule has 6 atom stereocenters. The van der Waals surface area contributed by atoms with Crippen LogP contribution in [0.15, 0.2) is 127 Å². The van der Waals surface area contributed by atoms with Gasteiger partial charge in [0.1, 0.15) is 42.0 Å². The minimum Gasteiger partial charge on any atom is -0.491 e. The zero-order valence-electron chi connectivity index (χ0n) is 30.0. The molecule has 4 heterocycles. The minimum absolute atomic E-state index is 0.0953. The number of para-hydroxylation sites is 1. The summed E-state index contributed by atoms with van der Waals surface area (Å²) in [6.07, 6.45) is -0.797. The summed E-state index contributed by atoms with van der Waals surface area (Å²) in [6.45, 7) is 0.194. The lowest BCUT2D eigenvalue weighted by atomic mass is 9.65. The molecule has 1 spiro atoms. The number of morpholine rings is 1. The Morgan fingerprint density at radius 1 is 0.875 bits per heavy atom. The number of hydrogen-bond acceptors (Lipinski definition) is 9. The van der Waals surface area contributed by atoms with Crippen molar-refractivity contribution >= 4 is 34.5 Å². The van der Waals surface area contributed by atoms with Crippen LogP contribution in [0.3, 0.4) is 0 Å². The second-order valence-corrected chi connectivity index (χ2v) is 14.1. The number of rotatable bonds is 8. The summed E-state index contributed by atoms with van der Waals surface area (Å²) in [7, 11) is 0. The molecule has 12 nitrogen and oxygen atoms in total. The Kier molecular flexibility index (Phi) is 8.80. The maximum absolute atomic E-state index is 15.0. The zero-order chi connectivity index (χ0) is 38.4. The number of anilines is 1. The summed E-state index contributed by atoms with van der Waals surface area (Å²) in [6, 6.07) is 36.5. The molecule has 0 saturated carbocycles. The smallest absolute Gasteiger partial charge is 0.324 e. The highest BCUT2D eigenvalue weighted by atomic mass is 16.6. The number of aliphatic hydroxyl groups excluding tert-OH is 1. The highest BCUT2D eigenvalue weighted by molar-refractivity contribution is 6.12. The van der Waals surface area contributed by atoms with E-state index < -0.39 is 53.3 Å². The van der Waals surface area contributed by atoms with Crippen LogP contribution in [-0.4, -0.2) is 62.0 Å². The Balaban J connectivity index is 1.24. The molecule has 0 aliphatic carbocycles. The van der Waals surface area contributed by atoms with Crippen molar-refractivity contribution in [1.82, 2.24) is 19.9 Å². The van der Waals surface area contributed by atoms with Crippen LogP contribution in [0, 0.1) is 17.8 Å². The predicted octanol–water partition coefficient (Wildman–Crippen LogP) is 4.61. The molecule has 56 heavy (non-hydrogen) atoms. The summed E-state index contributed by atoms with van der Waals surface area (Å²) in [5, 5.41) is 20.9. The van der Waals surface area contributed by atoms with E-state index in [-0.39, 0.29) is 19.8 Å². The minimum atomic E-state index is -1.70. The summed E-state index contributed by atoms with van der Waals surface area (Å²) < 4.78 is 13.8. The first kappa shape index (κ1) is 34.9. The van der Waals surface area contributed by atoms with E-state index in [9.17, 15) is 14.7 Å². The predicted molar refractivity (Wildman–Crippen MR) is 206 cm³/mol. The lowest BCUT2D eigenvalue weighted by molar-refractivity contribution is -0.178. The van der Waals surface area contributed by atoms with Crippen LogP contribution in [0.2, 0.25) is 0 Å². The van der Waals surface area contributed by atoms with E-state index in [2.05, 4.69) is 27.5 Å². The van der Waals surface area contributed by atoms with Gasteiger partial charge in [-0.25, -0.2) is 4.68 Å². The Hall–Kier alpha value is -6.81. The van der Waals surface area contributed by atoms with Crippen molar-refractivity contribution in [3.8, 4) is 17.6 Å². The standard InChI is InChI=1S/C44H36N6O6/c45-41(52)36-38-42(53)56-39(29-13-5-2-6-14-29)37(28-11-3-1-4-12-28)50(38)40(30-18-20-31(21-19-30)55-25-24-51)44(36)32-26-27(17-22-33(32)46-43(44)54)10-9-23-49-35-16-8-7-15-34(35)47-48-49/h1-8,11-22,26,36-40,51H,23-25H2,(H2,45,52)(H,46,54)/t36-,37-,38-,39+,40+,44-/m1/s1. The van der Waals surface area contributed by atoms with Gasteiger partial charge < -0.3 is 25.6 Å². The fourth-order valence-electron chi connectivity index (χ4n) is 8.86. The fourth-order valence-corrected chi connectivity index (χ4v) is 8.86. The van der Waals surface area contributed by atoms with Crippen LogP contribution in [0.25, 0.3) is 11.0 Å². The van der Waals surface area contributed by atoms with Gasteiger partial charge in [-0.3, -0.25) is 19.3 Å². The number of nitrogens with zero attached hydrogens (tertiary/aromatic N) is 4. The van der Waals surface area contributed by atoms with Gasteiger partial charge in [0.2, 0.25) is 11.8 Å². The van der Waals surface area contributed by atoms with Crippen molar-refractivity contribution < 1.29 is 29.0 Å². The Bertz CT molecular complexity index is 2530. The van der Waals surface area contributed by atoms with E-state index in [4.69, 9.17) is 15.2 Å². The number of esters is 1. The van der Waals surface area contributed by atoms with Crippen LogP contribution in [0.4, 0.5) is 5.69 Å². The van der Waals surface area contributed by atoms with E-state index in [1.807, 2.05) is 108 Å². The lowest BCUT2D eigenvalue weighted by Crippen LogP contribution is -2.53. The lowest BCUT2D eigenvalue weighted by Gasteiger charge is -2.46. The number of benzene rings is 5. The van der Waals surface area contributed by atoms with Gasteiger partial charge in [-0.05, 0) is 64.7 Å². The van der Waals surface area contributed by atoms with Crippen molar-refractivity contribution in [3.63, 3.8) is 0 Å². The van der Waals surface area contributed by atoms with Gasteiger partial charge in [0.25, 0.3) is 0 Å². The SMILES string of the molecule is NC(=O)[C@H]1[C@@H]2C(=O)O[C@@H](c3ccccc3)[C@@H](c3ccccc3)N2[C@@H](c2ccc(OCCO)cc2)[C@]12C(=O)Nc1ccc(C#CCn3nnc4ccccc43)cc12. The highest BCUT2D eigenvalue weighted by Gasteiger charge is 2.73. The molecule has 5 aromatic carbocycles. The molecule has 3 aliphatic rings. The average molecular weight is 745 g/mol. The van der Waals surface area contributed by atoms with E-state index >= 15 is 4.79 Å². The largest absolute Gasteiger partial charge is 0.491 e. The second kappa shape index (κ2) is 14.1. The Morgan fingerprint density at radius 3 is 2.32 bits per heavy atom. The molecule has 2 saturated heterocycles. The quantitative estimate of drug-likeness (QED) is 0.149.